The lowest BCUT2D eigenvalue weighted by Gasteiger charge is -2.36. The number of fused-ring (bicyclic) bond motifs is 1. The number of Topliss-reactive ketones (excluding diaryl/α,β-unsaturated/α-hetero) is 1. The second-order valence-corrected chi connectivity index (χ2v) is 7.60. The predicted octanol–water partition coefficient (Wildman–Crippen LogP) is 3.67. The van der Waals surface area contributed by atoms with Crippen molar-refractivity contribution in [1.29, 1.82) is 0 Å². The Morgan fingerprint density at radius 3 is 2.59 bits per heavy atom. The zero-order valence-electron chi connectivity index (χ0n) is 15.4. The molecule has 4 atom stereocenters. The number of alkyl halides is 1. The highest BCUT2D eigenvalue weighted by molar-refractivity contribution is 6.17. The van der Waals surface area contributed by atoms with E-state index in [9.17, 15) is 18.4 Å². The minimum Gasteiger partial charge on any atom is -0.483 e. The molecule has 148 valence electrons. The van der Waals surface area contributed by atoms with Crippen LogP contribution in [0.4, 0.5) is 14.6 Å². The Bertz CT molecular complexity index is 1010. The Morgan fingerprint density at radius 2 is 1.86 bits per heavy atom. The number of pyridine rings is 1. The third kappa shape index (κ3) is 2.84. The predicted molar refractivity (Wildman–Crippen MR) is 100 cm³/mol. The molecule has 2 aliphatic heterocycles. The standard InChI is InChI=1S/C22H18F2N2O3/c23-13-6-4-12(5-7-13)19-18-20(27)15-11-14(24)8-9-16(15)29-21(18)22(28)26(19)17-3-1-2-10-25-17/h1-7,10,14-16,19H,8-9,11H2. The number of carbonyl (C=O) groups is 2. The quantitative estimate of drug-likeness (QED) is 0.777. The molecule has 0 radical (unpaired) electrons. The Morgan fingerprint density at radius 1 is 1.07 bits per heavy atom. The molecule has 29 heavy (non-hydrogen) atoms. The second-order valence-electron chi connectivity index (χ2n) is 7.60. The van der Waals surface area contributed by atoms with Crippen LogP contribution in [0.25, 0.3) is 0 Å². The summed E-state index contributed by atoms with van der Waals surface area (Å²) in [6.45, 7) is 0. The molecule has 1 fully saturated rings. The van der Waals surface area contributed by atoms with E-state index in [1.54, 1.807) is 24.4 Å². The van der Waals surface area contributed by atoms with Gasteiger partial charge in [0.2, 0.25) is 0 Å². The number of hydrogen-bond donors (Lipinski definition) is 0. The van der Waals surface area contributed by atoms with Gasteiger partial charge in [0.15, 0.2) is 11.5 Å². The van der Waals surface area contributed by atoms with Crippen LogP contribution < -0.4 is 4.90 Å². The average molecular weight is 396 g/mol. The number of ether oxygens (including phenoxy) is 1. The highest BCUT2D eigenvalue weighted by Crippen LogP contribution is 2.48. The van der Waals surface area contributed by atoms with Crippen LogP contribution in [0.2, 0.25) is 0 Å². The molecule has 0 N–H and O–H groups in total. The lowest BCUT2D eigenvalue weighted by Crippen LogP contribution is -2.42. The van der Waals surface area contributed by atoms with Gasteiger partial charge in [0, 0.05) is 6.20 Å². The van der Waals surface area contributed by atoms with Gasteiger partial charge in [0.25, 0.3) is 5.91 Å². The first-order valence-corrected chi connectivity index (χ1v) is 9.63. The number of nitrogens with zero attached hydrogens (tertiary/aromatic N) is 2. The largest absolute Gasteiger partial charge is 0.483 e. The molecule has 0 spiro atoms. The van der Waals surface area contributed by atoms with Crippen LogP contribution in [0, 0.1) is 11.7 Å². The Hall–Kier alpha value is -3.09. The fourth-order valence-electron chi connectivity index (χ4n) is 4.51. The fraction of sp³-hybridized carbons (Fsp3) is 0.318. The number of carbonyl (C=O) groups excluding carboxylic acids is 2. The molecule has 5 nitrogen and oxygen atoms in total. The Kier molecular flexibility index (Phi) is 4.19. The summed E-state index contributed by atoms with van der Waals surface area (Å²) in [4.78, 5) is 32.3. The molecule has 1 amide bonds. The van der Waals surface area contributed by atoms with Crippen molar-refractivity contribution in [3.8, 4) is 0 Å². The van der Waals surface area contributed by atoms with Gasteiger partial charge >= 0.3 is 0 Å². The van der Waals surface area contributed by atoms with Gasteiger partial charge in [-0.25, -0.2) is 13.8 Å². The van der Waals surface area contributed by atoms with Gasteiger partial charge in [0.05, 0.1) is 17.5 Å². The van der Waals surface area contributed by atoms with Crippen molar-refractivity contribution in [1.82, 2.24) is 4.98 Å². The highest BCUT2D eigenvalue weighted by Gasteiger charge is 2.53. The van der Waals surface area contributed by atoms with E-state index in [1.165, 1.54) is 29.2 Å². The number of amides is 1. The zero-order valence-corrected chi connectivity index (χ0v) is 15.4. The molecular formula is C22H18F2N2O3. The van der Waals surface area contributed by atoms with Gasteiger partial charge in [0.1, 0.15) is 23.9 Å². The molecule has 7 heteroatoms. The van der Waals surface area contributed by atoms with E-state index in [4.69, 9.17) is 4.74 Å². The maximum absolute atomic E-state index is 14.0. The molecule has 3 heterocycles. The molecule has 0 bridgehead atoms. The highest BCUT2D eigenvalue weighted by atomic mass is 19.1. The molecule has 2 aromatic rings. The molecule has 1 saturated carbocycles. The monoisotopic (exact) mass is 396 g/mol. The van der Waals surface area contributed by atoms with E-state index in [1.807, 2.05) is 0 Å². The zero-order chi connectivity index (χ0) is 20.1. The van der Waals surface area contributed by atoms with Gasteiger partial charge < -0.3 is 4.74 Å². The summed E-state index contributed by atoms with van der Waals surface area (Å²) in [5.41, 5.74) is 0.779. The van der Waals surface area contributed by atoms with Crippen LogP contribution >= 0.6 is 0 Å². The summed E-state index contributed by atoms with van der Waals surface area (Å²) in [5.74, 6) is -1.38. The van der Waals surface area contributed by atoms with E-state index in [0.29, 0.717) is 24.2 Å². The van der Waals surface area contributed by atoms with E-state index in [2.05, 4.69) is 4.98 Å². The molecule has 3 aliphatic rings. The maximum atomic E-state index is 14.0. The van der Waals surface area contributed by atoms with Gasteiger partial charge in [-0.1, -0.05) is 18.2 Å². The minimum atomic E-state index is -1.06. The fourth-order valence-corrected chi connectivity index (χ4v) is 4.51. The van der Waals surface area contributed by atoms with Crippen LogP contribution in [0.3, 0.4) is 0 Å². The molecule has 5 rings (SSSR count). The van der Waals surface area contributed by atoms with E-state index >= 15 is 0 Å². The topological polar surface area (TPSA) is 59.5 Å². The van der Waals surface area contributed by atoms with Crippen LogP contribution in [0.15, 0.2) is 60.0 Å². The van der Waals surface area contributed by atoms with Crippen molar-refractivity contribution in [2.24, 2.45) is 5.92 Å². The Labute approximate surface area is 166 Å². The smallest absolute Gasteiger partial charge is 0.295 e. The van der Waals surface area contributed by atoms with E-state index in [-0.39, 0.29) is 23.5 Å². The molecule has 1 aromatic carbocycles. The summed E-state index contributed by atoms with van der Waals surface area (Å²) < 4.78 is 33.5. The SMILES string of the molecule is O=C1C2=C(OC3CCC(F)CC13)C(=O)N(c1ccccn1)C2c1ccc(F)cc1. The van der Waals surface area contributed by atoms with Crippen molar-refractivity contribution in [3.63, 3.8) is 0 Å². The first-order valence-electron chi connectivity index (χ1n) is 9.63. The van der Waals surface area contributed by atoms with Crippen molar-refractivity contribution >= 4 is 17.5 Å². The first kappa shape index (κ1) is 18.0. The lowest BCUT2D eigenvalue weighted by molar-refractivity contribution is -0.133. The summed E-state index contributed by atoms with van der Waals surface area (Å²) in [7, 11) is 0. The summed E-state index contributed by atoms with van der Waals surface area (Å²) >= 11 is 0. The van der Waals surface area contributed by atoms with Gasteiger partial charge in [-0.3, -0.25) is 14.5 Å². The van der Waals surface area contributed by atoms with Crippen molar-refractivity contribution in [2.45, 2.75) is 37.6 Å². The maximum Gasteiger partial charge on any atom is 0.295 e. The van der Waals surface area contributed by atoms with Crippen molar-refractivity contribution in [3.05, 3.63) is 71.4 Å². The summed E-state index contributed by atoms with van der Waals surface area (Å²) in [6, 6.07) is 9.99. The van der Waals surface area contributed by atoms with Gasteiger partial charge in [-0.15, -0.1) is 0 Å². The van der Waals surface area contributed by atoms with Crippen LogP contribution in [-0.4, -0.2) is 29.0 Å². The van der Waals surface area contributed by atoms with E-state index in [0.717, 1.165) is 0 Å². The van der Waals surface area contributed by atoms with Crippen LogP contribution in [0.5, 0.6) is 0 Å². The molecule has 1 aliphatic carbocycles. The number of anilines is 1. The van der Waals surface area contributed by atoms with Crippen molar-refractivity contribution < 1.29 is 23.1 Å². The number of rotatable bonds is 2. The average Bonchev–Trinajstić information content (AvgIpc) is 3.03. The van der Waals surface area contributed by atoms with Gasteiger partial charge in [-0.05, 0) is 49.1 Å². The molecule has 1 aromatic heterocycles. The second kappa shape index (κ2) is 6.76. The number of halogens is 2. The Balaban J connectivity index is 1.64. The molecule has 4 unspecified atom stereocenters. The third-order valence-corrected chi connectivity index (χ3v) is 5.87. The number of benzene rings is 1. The number of ketones is 1. The summed E-state index contributed by atoms with van der Waals surface area (Å²) in [6.07, 6.45) is 0.809. The number of hydrogen-bond acceptors (Lipinski definition) is 4. The van der Waals surface area contributed by atoms with Gasteiger partial charge in [-0.2, -0.15) is 0 Å². The molecular weight excluding hydrogens is 378 g/mol. The minimum absolute atomic E-state index is 0.00790. The third-order valence-electron chi connectivity index (χ3n) is 5.87. The van der Waals surface area contributed by atoms with Crippen LogP contribution in [0.1, 0.15) is 30.9 Å². The normalized spacial score (nSPS) is 28.8. The van der Waals surface area contributed by atoms with Crippen LogP contribution in [-0.2, 0) is 14.3 Å². The number of aromatic nitrogens is 1. The van der Waals surface area contributed by atoms with E-state index < -0.39 is 36.0 Å². The van der Waals surface area contributed by atoms with Crippen molar-refractivity contribution in [2.75, 3.05) is 4.90 Å². The first-order chi connectivity index (χ1) is 14.0. The molecule has 0 saturated heterocycles. The lowest BCUT2D eigenvalue weighted by atomic mass is 9.77. The summed E-state index contributed by atoms with van der Waals surface area (Å²) in [5, 5.41) is 0.